The van der Waals surface area contributed by atoms with Crippen LogP contribution in [0.3, 0.4) is 0 Å². The lowest BCUT2D eigenvalue weighted by Crippen LogP contribution is -2.18. The maximum atomic E-state index is 13.3. The van der Waals surface area contributed by atoms with Gasteiger partial charge >= 0.3 is 6.18 Å². The molecule has 1 heterocycles. The van der Waals surface area contributed by atoms with E-state index in [2.05, 4.69) is 31.4 Å². The average Bonchev–Trinajstić information content (AvgIpc) is 3.09. The van der Waals surface area contributed by atoms with Gasteiger partial charge in [-0.25, -0.2) is 0 Å². The Morgan fingerprint density at radius 3 is 2.50 bits per heavy atom. The molecule has 3 rings (SSSR count). The minimum Gasteiger partial charge on any atom is -0.325 e. The quantitative estimate of drug-likeness (QED) is 0.332. The van der Waals surface area contributed by atoms with Gasteiger partial charge in [0.05, 0.1) is 17.0 Å². The van der Waals surface area contributed by atoms with Crippen molar-refractivity contribution in [2.24, 2.45) is 5.92 Å². The Bertz CT molecular complexity index is 1100. The summed E-state index contributed by atoms with van der Waals surface area (Å²) >= 11 is 10.1. The van der Waals surface area contributed by atoms with E-state index in [0.29, 0.717) is 22.5 Å². The maximum absolute atomic E-state index is 13.3. The minimum absolute atomic E-state index is 0.121. The number of nitrogens with zero attached hydrogens (tertiary/aromatic N) is 3. The van der Waals surface area contributed by atoms with Gasteiger partial charge in [0, 0.05) is 21.6 Å². The third kappa shape index (κ3) is 6.26. The second-order valence-corrected chi connectivity index (χ2v) is 9.64. The smallest absolute Gasteiger partial charge is 0.325 e. The summed E-state index contributed by atoms with van der Waals surface area (Å²) < 4.78 is 42.0. The molecular formula is C21H19BrClF3N4OS. The summed E-state index contributed by atoms with van der Waals surface area (Å²) in [6, 6.07) is 10.8. The predicted molar refractivity (Wildman–Crippen MR) is 124 cm³/mol. The summed E-state index contributed by atoms with van der Waals surface area (Å²) in [5, 5.41) is 11.9. The Morgan fingerprint density at radius 1 is 1.19 bits per heavy atom. The summed E-state index contributed by atoms with van der Waals surface area (Å²) in [6.45, 7) is 4.69. The summed E-state index contributed by atoms with van der Waals surface area (Å²) in [6.07, 6.45) is -4.59. The fourth-order valence-corrected chi connectivity index (χ4v) is 4.15. The van der Waals surface area contributed by atoms with Gasteiger partial charge in [0.2, 0.25) is 5.91 Å². The molecule has 170 valence electrons. The molecule has 1 N–H and O–H groups in total. The van der Waals surface area contributed by atoms with E-state index in [0.717, 1.165) is 23.4 Å². The van der Waals surface area contributed by atoms with Crippen LogP contribution in [0.25, 0.3) is 11.4 Å². The molecule has 0 radical (unpaired) electrons. The number of hydrogen-bond donors (Lipinski definition) is 1. The number of carbonyl (C=O) groups is 1. The van der Waals surface area contributed by atoms with Crippen molar-refractivity contribution < 1.29 is 18.0 Å². The number of carbonyl (C=O) groups excluding carboxylic acids is 1. The highest BCUT2D eigenvalue weighted by molar-refractivity contribution is 9.10. The Hall–Kier alpha value is -2.04. The van der Waals surface area contributed by atoms with Gasteiger partial charge in [-0.05, 0) is 48.4 Å². The second-order valence-electron chi connectivity index (χ2n) is 7.34. The minimum atomic E-state index is -4.59. The van der Waals surface area contributed by atoms with Gasteiger partial charge in [-0.2, -0.15) is 13.2 Å². The summed E-state index contributed by atoms with van der Waals surface area (Å²) in [5.74, 6) is 0.215. The highest BCUT2D eigenvalue weighted by atomic mass is 79.9. The third-order valence-electron chi connectivity index (χ3n) is 4.26. The predicted octanol–water partition coefficient (Wildman–Crippen LogP) is 6.77. The lowest BCUT2D eigenvalue weighted by atomic mass is 10.1. The molecule has 0 spiro atoms. The van der Waals surface area contributed by atoms with Gasteiger partial charge in [-0.1, -0.05) is 53.1 Å². The molecule has 3 aromatic rings. The number of amides is 1. The Kier molecular flexibility index (Phi) is 7.89. The zero-order valence-electron chi connectivity index (χ0n) is 17.1. The topological polar surface area (TPSA) is 59.8 Å². The van der Waals surface area contributed by atoms with Gasteiger partial charge in [0.15, 0.2) is 11.0 Å². The molecule has 0 atom stereocenters. The molecule has 0 saturated heterocycles. The van der Waals surface area contributed by atoms with Gasteiger partial charge in [0.25, 0.3) is 0 Å². The largest absolute Gasteiger partial charge is 0.418 e. The summed E-state index contributed by atoms with van der Waals surface area (Å²) in [5.41, 5.74) is -0.390. The van der Waals surface area contributed by atoms with E-state index < -0.39 is 17.6 Å². The molecule has 2 aromatic carbocycles. The first-order chi connectivity index (χ1) is 15.0. The van der Waals surface area contributed by atoms with Crippen molar-refractivity contribution in [3.8, 4) is 11.4 Å². The summed E-state index contributed by atoms with van der Waals surface area (Å²) in [7, 11) is 0. The molecule has 0 aliphatic carbocycles. The number of hydrogen-bond acceptors (Lipinski definition) is 4. The van der Waals surface area contributed by atoms with E-state index >= 15 is 0 Å². The van der Waals surface area contributed by atoms with Crippen LogP contribution < -0.4 is 5.32 Å². The molecule has 0 bridgehead atoms. The van der Waals surface area contributed by atoms with E-state index in [1.807, 2.05) is 30.5 Å². The van der Waals surface area contributed by atoms with Crippen molar-refractivity contribution >= 4 is 50.9 Å². The monoisotopic (exact) mass is 546 g/mol. The number of thioether (sulfide) groups is 1. The van der Waals surface area contributed by atoms with Crippen LogP contribution >= 0.6 is 39.3 Å². The first-order valence-corrected chi connectivity index (χ1v) is 11.7. The van der Waals surface area contributed by atoms with Gasteiger partial charge < -0.3 is 9.88 Å². The molecule has 1 aromatic heterocycles. The van der Waals surface area contributed by atoms with E-state index in [1.165, 1.54) is 12.1 Å². The average molecular weight is 548 g/mol. The van der Waals surface area contributed by atoms with E-state index in [-0.39, 0.29) is 21.8 Å². The highest BCUT2D eigenvalue weighted by Gasteiger charge is 2.34. The molecule has 0 fully saturated rings. The number of nitrogens with one attached hydrogen (secondary N) is 1. The van der Waals surface area contributed by atoms with Crippen molar-refractivity contribution in [3.05, 3.63) is 57.5 Å². The zero-order valence-corrected chi connectivity index (χ0v) is 20.2. The Labute approximate surface area is 200 Å². The van der Waals surface area contributed by atoms with E-state index in [1.54, 1.807) is 12.1 Å². The SMILES string of the molecule is CC(C)Cn1c(SCC(=O)Nc2ccc(Br)cc2C(F)(F)F)nnc1-c1ccc(Cl)cc1. The van der Waals surface area contributed by atoms with E-state index in [4.69, 9.17) is 11.6 Å². The number of anilines is 1. The summed E-state index contributed by atoms with van der Waals surface area (Å²) in [4.78, 5) is 12.4. The lowest BCUT2D eigenvalue weighted by molar-refractivity contribution is -0.137. The van der Waals surface area contributed by atoms with Gasteiger partial charge in [-0.15, -0.1) is 10.2 Å². The molecule has 0 aliphatic rings. The Balaban J connectivity index is 1.77. The van der Waals surface area contributed by atoms with E-state index in [9.17, 15) is 18.0 Å². The molecular weight excluding hydrogens is 529 g/mol. The Morgan fingerprint density at radius 2 is 1.88 bits per heavy atom. The van der Waals surface area contributed by atoms with Gasteiger partial charge in [-0.3, -0.25) is 4.79 Å². The number of benzene rings is 2. The van der Waals surface area contributed by atoms with Crippen LogP contribution in [0.2, 0.25) is 5.02 Å². The molecule has 0 unspecified atom stereocenters. The van der Waals surface area contributed by atoms with Crippen molar-refractivity contribution in [3.63, 3.8) is 0 Å². The molecule has 11 heteroatoms. The zero-order chi connectivity index (χ0) is 23.5. The second kappa shape index (κ2) is 10.3. The van der Waals surface area contributed by atoms with Crippen LogP contribution in [-0.2, 0) is 17.5 Å². The molecule has 1 amide bonds. The molecule has 0 aliphatic heterocycles. The lowest BCUT2D eigenvalue weighted by Gasteiger charge is -2.15. The molecule has 0 saturated carbocycles. The molecule has 32 heavy (non-hydrogen) atoms. The van der Waals surface area contributed by atoms with Crippen LogP contribution in [0.5, 0.6) is 0 Å². The highest BCUT2D eigenvalue weighted by Crippen LogP contribution is 2.36. The van der Waals surface area contributed by atoms with Crippen LogP contribution in [0.15, 0.2) is 52.1 Å². The number of aromatic nitrogens is 3. The maximum Gasteiger partial charge on any atom is 0.418 e. The van der Waals surface area contributed by atoms with Crippen LogP contribution in [0, 0.1) is 5.92 Å². The molecule has 5 nitrogen and oxygen atoms in total. The van der Waals surface area contributed by atoms with Crippen LogP contribution in [0.4, 0.5) is 18.9 Å². The van der Waals surface area contributed by atoms with Crippen molar-refractivity contribution in [2.75, 3.05) is 11.1 Å². The van der Waals surface area contributed by atoms with Crippen molar-refractivity contribution in [1.29, 1.82) is 0 Å². The number of alkyl halides is 3. The van der Waals surface area contributed by atoms with Crippen molar-refractivity contribution in [2.45, 2.75) is 31.7 Å². The normalized spacial score (nSPS) is 11.8. The first-order valence-electron chi connectivity index (χ1n) is 9.53. The standard InChI is InChI=1S/C21H19BrClF3N4OS/c1-12(2)10-30-19(13-3-6-15(23)7-4-13)28-29-20(30)32-11-18(31)27-17-8-5-14(22)9-16(17)21(24,25)26/h3-9,12H,10-11H2,1-2H3,(H,27,31). The number of halogens is 5. The van der Waals surface area contributed by atoms with Crippen LogP contribution in [0.1, 0.15) is 19.4 Å². The van der Waals surface area contributed by atoms with Crippen LogP contribution in [-0.4, -0.2) is 26.4 Å². The van der Waals surface area contributed by atoms with Gasteiger partial charge in [0.1, 0.15) is 0 Å². The van der Waals surface area contributed by atoms with Crippen molar-refractivity contribution in [1.82, 2.24) is 14.8 Å². The fraction of sp³-hybridized carbons (Fsp3) is 0.286. The first kappa shape index (κ1) is 24.6. The number of rotatable bonds is 7. The third-order valence-corrected chi connectivity index (χ3v) is 5.97. The fourth-order valence-electron chi connectivity index (χ4n) is 2.91.